The zero-order valence-corrected chi connectivity index (χ0v) is 20.2. The Morgan fingerprint density at radius 2 is 1.79 bits per heavy atom. The predicted molar refractivity (Wildman–Crippen MR) is 134 cm³/mol. The lowest BCUT2D eigenvalue weighted by molar-refractivity contribution is -0.0500. The number of nitrogens with one attached hydrogen (secondary N) is 1. The van der Waals surface area contributed by atoms with Crippen molar-refractivity contribution in [3.05, 3.63) is 90.4 Å². The van der Waals surface area contributed by atoms with Crippen LogP contribution in [-0.2, 0) is 0 Å². The average molecular weight is 531 g/mol. The van der Waals surface area contributed by atoms with Gasteiger partial charge in [-0.25, -0.2) is 9.37 Å². The Morgan fingerprint density at radius 3 is 2.56 bits per heavy atom. The van der Waals surface area contributed by atoms with Gasteiger partial charge in [-0.1, -0.05) is 18.2 Å². The first-order valence-electron chi connectivity index (χ1n) is 12.1. The van der Waals surface area contributed by atoms with Crippen LogP contribution in [0.1, 0.15) is 34.9 Å². The topological polar surface area (TPSA) is 108 Å². The molecule has 39 heavy (non-hydrogen) atoms. The third-order valence-corrected chi connectivity index (χ3v) is 6.55. The van der Waals surface area contributed by atoms with Crippen LogP contribution in [-0.4, -0.2) is 48.3 Å². The van der Waals surface area contributed by atoms with E-state index in [1.54, 1.807) is 53.4 Å². The summed E-state index contributed by atoms with van der Waals surface area (Å²) in [5.41, 5.74) is 2.12. The molecule has 3 heterocycles. The predicted octanol–water partition coefficient (Wildman–Crippen LogP) is 4.69. The van der Waals surface area contributed by atoms with Crippen molar-refractivity contribution in [2.45, 2.75) is 31.4 Å². The van der Waals surface area contributed by atoms with E-state index in [0.29, 0.717) is 41.0 Å². The molecule has 5 aromatic rings. The number of pyridine rings is 1. The maximum Gasteiger partial charge on any atom is 0.387 e. The van der Waals surface area contributed by atoms with E-state index in [1.807, 2.05) is 0 Å². The highest BCUT2D eigenvalue weighted by atomic mass is 19.3. The van der Waals surface area contributed by atoms with Gasteiger partial charge >= 0.3 is 6.61 Å². The van der Waals surface area contributed by atoms with Crippen molar-refractivity contribution in [1.82, 2.24) is 35.0 Å². The number of para-hydroxylation sites is 2. The van der Waals surface area contributed by atoms with Crippen LogP contribution in [0.5, 0.6) is 5.75 Å². The summed E-state index contributed by atoms with van der Waals surface area (Å²) in [6.07, 6.45) is 5.38. The number of nitrogens with zero attached hydrogens (tertiary/aromatic N) is 6. The second kappa shape index (κ2) is 10.1. The molecule has 0 radical (unpaired) electrons. The monoisotopic (exact) mass is 531 g/mol. The summed E-state index contributed by atoms with van der Waals surface area (Å²) in [6.45, 7) is -2.98. The quantitative estimate of drug-likeness (QED) is 0.325. The molecule has 0 unspecified atom stereocenters. The number of alkyl halides is 2. The van der Waals surface area contributed by atoms with E-state index < -0.39 is 12.4 Å². The largest absolute Gasteiger partial charge is 0.433 e. The normalized spacial score (nSPS) is 16.7. The van der Waals surface area contributed by atoms with Gasteiger partial charge in [0, 0.05) is 24.4 Å². The maximum absolute atomic E-state index is 14.9. The molecule has 1 aliphatic rings. The summed E-state index contributed by atoms with van der Waals surface area (Å²) in [4.78, 5) is 25.7. The highest BCUT2D eigenvalue weighted by Gasteiger charge is 2.37. The number of carbonyl (C=O) groups is 1. The van der Waals surface area contributed by atoms with Crippen molar-refractivity contribution in [3.63, 3.8) is 0 Å². The number of rotatable bonds is 7. The van der Waals surface area contributed by atoms with Crippen molar-refractivity contribution in [3.8, 4) is 23.0 Å². The molecular weight excluding hydrogens is 511 g/mol. The molecule has 0 aliphatic heterocycles. The first-order chi connectivity index (χ1) is 19.0. The van der Waals surface area contributed by atoms with E-state index in [4.69, 9.17) is 0 Å². The lowest BCUT2D eigenvalue weighted by Gasteiger charge is -2.35. The molecule has 6 rings (SSSR count). The smallest absolute Gasteiger partial charge is 0.387 e. The van der Waals surface area contributed by atoms with E-state index in [1.165, 1.54) is 18.2 Å². The number of carbonyl (C=O) groups excluding carboxylic acids is 1. The summed E-state index contributed by atoms with van der Waals surface area (Å²) in [7, 11) is 0. The molecule has 0 spiro atoms. The number of hydrogen-bond acceptors (Lipinski definition) is 7. The molecule has 9 nitrogen and oxygen atoms in total. The second-order valence-corrected chi connectivity index (χ2v) is 8.99. The molecule has 1 aliphatic carbocycles. The van der Waals surface area contributed by atoms with Crippen LogP contribution in [0.25, 0.3) is 28.2 Å². The number of halogens is 3. The van der Waals surface area contributed by atoms with E-state index in [2.05, 4.69) is 35.2 Å². The first-order valence-corrected chi connectivity index (χ1v) is 12.1. The van der Waals surface area contributed by atoms with Crippen molar-refractivity contribution >= 4 is 16.9 Å². The van der Waals surface area contributed by atoms with Gasteiger partial charge in [-0.3, -0.25) is 19.3 Å². The fourth-order valence-corrected chi connectivity index (χ4v) is 4.67. The second-order valence-electron chi connectivity index (χ2n) is 8.99. The highest BCUT2D eigenvalue weighted by molar-refractivity contribution is 6.04. The molecule has 0 saturated heterocycles. The lowest BCUT2D eigenvalue weighted by atomic mass is 9.79. The summed E-state index contributed by atoms with van der Waals surface area (Å²) >= 11 is 0. The Bertz CT molecular complexity index is 1650. The van der Waals surface area contributed by atoms with E-state index >= 15 is 0 Å². The van der Waals surface area contributed by atoms with Crippen LogP contribution in [0.15, 0.2) is 73.2 Å². The molecule has 0 atom stereocenters. The van der Waals surface area contributed by atoms with Gasteiger partial charge in [0.05, 0.1) is 23.0 Å². The van der Waals surface area contributed by atoms with Crippen LogP contribution in [0, 0.1) is 5.82 Å². The fourth-order valence-electron chi connectivity index (χ4n) is 4.67. The van der Waals surface area contributed by atoms with Gasteiger partial charge in [-0.15, -0.1) is 10.2 Å². The van der Waals surface area contributed by atoms with Crippen LogP contribution < -0.4 is 10.1 Å². The number of ether oxygens (including phenoxy) is 1. The number of hydrogen-bond donors (Lipinski definition) is 1. The maximum atomic E-state index is 14.9. The van der Waals surface area contributed by atoms with Gasteiger partial charge in [-0.05, 0) is 49.2 Å². The molecule has 12 heteroatoms. The van der Waals surface area contributed by atoms with Gasteiger partial charge < -0.3 is 10.1 Å². The highest BCUT2D eigenvalue weighted by Crippen LogP contribution is 2.39. The van der Waals surface area contributed by atoms with Crippen LogP contribution in [0.3, 0.4) is 0 Å². The third-order valence-electron chi connectivity index (χ3n) is 6.55. The Kier molecular flexibility index (Phi) is 6.35. The lowest BCUT2D eigenvalue weighted by Crippen LogP contribution is -2.44. The molecule has 1 amide bonds. The average Bonchev–Trinajstić information content (AvgIpc) is 3.34. The molecule has 196 valence electrons. The van der Waals surface area contributed by atoms with Crippen molar-refractivity contribution in [2.75, 3.05) is 0 Å². The van der Waals surface area contributed by atoms with E-state index in [-0.39, 0.29) is 35.1 Å². The zero-order chi connectivity index (χ0) is 26.9. The van der Waals surface area contributed by atoms with Crippen LogP contribution in [0.4, 0.5) is 13.2 Å². The van der Waals surface area contributed by atoms with Gasteiger partial charge in [0.15, 0.2) is 5.82 Å². The van der Waals surface area contributed by atoms with Crippen LogP contribution >= 0.6 is 0 Å². The van der Waals surface area contributed by atoms with Gasteiger partial charge in [0.25, 0.3) is 5.91 Å². The minimum atomic E-state index is -2.98. The molecule has 1 fully saturated rings. The van der Waals surface area contributed by atoms with E-state index in [9.17, 15) is 18.0 Å². The number of fused-ring (bicyclic) bond motifs is 1. The first kappa shape index (κ1) is 24.5. The standard InChI is InChI=1S/C27H20F3N7O2/c28-19-5-1-2-7-22(19)37-24(35-36-25(37)21-9-8-17(14-33-21)39-27(29)30)15-12-16(13-15)34-26(38)18-4-3-6-20-23(18)32-11-10-31-20/h1-11,14-16,27H,12-13H2,(H,34,38)/t15-,16-. The Labute approximate surface area is 219 Å². The third kappa shape index (κ3) is 4.76. The fraction of sp³-hybridized carbons (Fsp3) is 0.185. The number of benzene rings is 2. The Morgan fingerprint density at radius 1 is 0.974 bits per heavy atom. The minimum Gasteiger partial charge on any atom is -0.433 e. The molecule has 2 aromatic carbocycles. The van der Waals surface area contributed by atoms with Crippen LogP contribution in [0.2, 0.25) is 0 Å². The Hall–Kier alpha value is -4.87. The molecule has 3 aromatic heterocycles. The molecule has 1 saturated carbocycles. The van der Waals surface area contributed by atoms with Gasteiger partial charge in [0.1, 0.15) is 28.6 Å². The van der Waals surface area contributed by atoms with Crippen molar-refractivity contribution < 1.29 is 22.7 Å². The zero-order valence-electron chi connectivity index (χ0n) is 20.2. The number of amides is 1. The van der Waals surface area contributed by atoms with Gasteiger partial charge in [-0.2, -0.15) is 8.78 Å². The molecule has 1 N–H and O–H groups in total. The molecule has 0 bridgehead atoms. The van der Waals surface area contributed by atoms with E-state index in [0.717, 1.165) is 6.20 Å². The van der Waals surface area contributed by atoms with Crippen molar-refractivity contribution in [1.29, 1.82) is 0 Å². The summed E-state index contributed by atoms with van der Waals surface area (Å²) in [5, 5.41) is 11.6. The summed E-state index contributed by atoms with van der Waals surface area (Å²) in [6, 6.07) is 14.1. The minimum absolute atomic E-state index is 0.110. The molecular formula is C27H20F3N7O2. The SMILES string of the molecule is O=C(N[C@H]1C[C@H](c2nnc(-c3ccc(OC(F)F)cn3)n2-c2ccccc2F)C1)c1cccc2nccnc12. The van der Waals surface area contributed by atoms with Crippen molar-refractivity contribution in [2.24, 2.45) is 0 Å². The Balaban J connectivity index is 1.25. The summed E-state index contributed by atoms with van der Waals surface area (Å²) < 4.78 is 45.9. The number of aromatic nitrogens is 6. The van der Waals surface area contributed by atoms with Gasteiger partial charge in [0.2, 0.25) is 0 Å². The summed E-state index contributed by atoms with van der Waals surface area (Å²) in [5.74, 6) is -0.216.